The summed E-state index contributed by atoms with van der Waals surface area (Å²) < 4.78 is 38.7. The molecular weight excluding hydrogens is 305 g/mol. The predicted octanol–water partition coefficient (Wildman–Crippen LogP) is 5.48. The summed E-state index contributed by atoms with van der Waals surface area (Å²) in [6.07, 6.45) is 3.90. The van der Waals surface area contributed by atoms with Crippen molar-refractivity contribution in [3.63, 3.8) is 0 Å². The molecule has 0 radical (unpaired) electrons. The molecule has 0 aromatic heterocycles. The molecular formula is C14H14BrF3. The summed E-state index contributed by atoms with van der Waals surface area (Å²) in [5.41, 5.74) is 0.567. The van der Waals surface area contributed by atoms with Gasteiger partial charge in [0.05, 0.1) is 0 Å². The number of rotatable bonds is 2. The molecule has 4 heteroatoms. The van der Waals surface area contributed by atoms with Crippen molar-refractivity contribution in [1.29, 1.82) is 0 Å². The van der Waals surface area contributed by atoms with Crippen LogP contribution in [0.1, 0.15) is 42.7 Å². The highest BCUT2D eigenvalue weighted by molar-refractivity contribution is 9.09. The molecule has 0 bridgehead atoms. The molecule has 0 nitrogen and oxygen atoms in total. The largest absolute Gasteiger partial charge is 0.212 e. The third-order valence-electron chi connectivity index (χ3n) is 3.47. The third-order valence-corrected chi connectivity index (χ3v) is 4.39. The van der Waals surface area contributed by atoms with Crippen molar-refractivity contribution in [3.8, 4) is 0 Å². The van der Waals surface area contributed by atoms with Crippen LogP contribution in [-0.4, -0.2) is 4.83 Å². The number of hydrogen-bond donors (Lipinski definition) is 0. The predicted molar refractivity (Wildman–Crippen MR) is 70.5 cm³/mol. The van der Waals surface area contributed by atoms with Crippen LogP contribution in [0.5, 0.6) is 0 Å². The van der Waals surface area contributed by atoms with Gasteiger partial charge in [0.25, 0.3) is 0 Å². The molecule has 98 valence electrons. The van der Waals surface area contributed by atoms with Crippen molar-refractivity contribution in [2.75, 3.05) is 0 Å². The van der Waals surface area contributed by atoms with E-state index in [1.165, 1.54) is 12.1 Å². The Labute approximate surface area is 113 Å². The molecule has 1 fully saturated rings. The van der Waals surface area contributed by atoms with Crippen molar-refractivity contribution in [2.45, 2.75) is 36.4 Å². The summed E-state index contributed by atoms with van der Waals surface area (Å²) in [6.45, 7) is 0. The van der Waals surface area contributed by atoms with Crippen molar-refractivity contribution < 1.29 is 13.2 Å². The van der Waals surface area contributed by atoms with Gasteiger partial charge in [0.1, 0.15) is 12.1 Å². The second-order valence-corrected chi connectivity index (χ2v) is 5.94. The molecule has 0 aliphatic heterocycles. The van der Waals surface area contributed by atoms with Crippen LogP contribution >= 0.6 is 15.9 Å². The van der Waals surface area contributed by atoms with Crippen LogP contribution in [0, 0.1) is 5.82 Å². The average Bonchev–Trinajstić information content (AvgIpc) is 2.38. The lowest BCUT2D eigenvalue weighted by Crippen LogP contribution is -2.12. The van der Waals surface area contributed by atoms with E-state index in [1.807, 2.05) is 0 Å². The molecule has 0 saturated heterocycles. The van der Waals surface area contributed by atoms with Gasteiger partial charge in [0.15, 0.2) is 5.83 Å². The smallest absolute Gasteiger partial charge is 0.161 e. The average molecular weight is 319 g/mol. The van der Waals surface area contributed by atoms with Crippen LogP contribution < -0.4 is 0 Å². The van der Waals surface area contributed by atoms with E-state index in [1.54, 1.807) is 6.07 Å². The van der Waals surface area contributed by atoms with Gasteiger partial charge in [-0.05, 0) is 49.3 Å². The fourth-order valence-electron chi connectivity index (χ4n) is 2.42. The van der Waals surface area contributed by atoms with Crippen LogP contribution in [-0.2, 0) is 0 Å². The van der Waals surface area contributed by atoms with Gasteiger partial charge < -0.3 is 0 Å². The Hall–Kier alpha value is -0.770. The monoisotopic (exact) mass is 318 g/mol. The fraction of sp³-hybridized carbons (Fsp3) is 0.429. The summed E-state index contributed by atoms with van der Waals surface area (Å²) in [7, 11) is 0. The fourth-order valence-corrected chi connectivity index (χ4v) is 2.95. The highest BCUT2D eigenvalue weighted by Crippen LogP contribution is 2.36. The van der Waals surface area contributed by atoms with Crippen LogP contribution in [0.3, 0.4) is 0 Å². The Kier molecular flexibility index (Phi) is 4.49. The molecule has 0 N–H and O–H groups in total. The van der Waals surface area contributed by atoms with Crippen molar-refractivity contribution >= 4 is 21.8 Å². The maximum atomic E-state index is 13.7. The Morgan fingerprint density at radius 1 is 1.22 bits per heavy atom. The normalized spacial score (nSPS) is 25.2. The highest BCUT2D eigenvalue weighted by atomic mass is 79.9. The van der Waals surface area contributed by atoms with Crippen LogP contribution in [0.25, 0.3) is 5.83 Å². The maximum absolute atomic E-state index is 13.7. The molecule has 0 amide bonds. The van der Waals surface area contributed by atoms with Gasteiger partial charge in [-0.2, -0.15) is 0 Å². The van der Waals surface area contributed by atoms with Gasteiger partial charge in [-0.1, -0.05) is 22.0 Å². The minimum atomic E-state index is -1.16. The molecule has 1 aromatic carbocycles. The molecule has 2 rings (SSSR count). The van der Waals surface area contributed by atoms with Crippen LogP contribution in [0.15, 0.2) is 24.5 Å². The second kappa shape index (κ2) is 5.91. The lowest BCUT2D eigenvalue weighted by atomic mass is 9.84. The van der Waals surface area contributed by atoms with E-state index in [0.717, 1.165) is 31.2 Å². The molecule has 0 spiro atoms. The van der Waals surface area contributed by atoms with E-state index >= 15 is 0 Å². The van der Waals surface area contributed by atoms with E-state index < -0.39 is 11.6 Å². The van der Waals surface area contributed by atoms with Crippen molar-refractivity contribution in [3.05, 3.63) is 41.5 Å². The highest BCUT2D eigenvalue weighted by Gasteiger charge is 2.21. The Morgan fingerprint density at radius 2 is 1.89 bits per heavy atom. The minimum Gasteiger partial charge on any atom is -0.212 e. The third kappa shape index (κ3) is 2.97. The van der Waals surface area contributed by atoms with E-state index in [2.05, 4.69) is 15.9 Å². The second-order valence-electron chi connectivity index (χ2n) is 4.65. The summed E-state index contributed by atoms with van der Waals surface area (Å²) in [5.74, 6) is -1.54. The van der Waals surface area contributed by atoms with Gasteiger partial charge in [0.2, 0.25) is 0 Å². The van der Waals surface area contributed by atoms with E-state index in [0.29, 0.717) is 10.7 Å². The summed E-state index contributed by atoms with van der Waals surface area (Å²) >= 11 is 3.57. The van der Waals surface area contributed by atoms with Crippen LogP contribution in [0.2, 0.25) is 0 Å². The van der Waals surface area contributed by atoms with Crippen LogP contribution in [0.4, 0.5) is 13.2 Å². The summed E-state index contributed by atoms with van der Waals surface area (Å²) in [4.78, 5) is 0.546. The Bertz CT molecular complexity index is 448. The topological polar surface area (TPSA) is 0 Å². The lowest BCUT2D eigenvalue weighted by molar-refractivity contribution is 0.455. The van der Waals surface area contributed by atoms with Gasteiger partial charge >= 0.3 is 0 Å². The summed E-state index contributed by atoms with van der Waals surface area (Å²) in [6, 6.07) is 4.34. The zero-order valence-corrected chi connectivity index (χ0v) is 11.4. The zero-order chi connectivity index (χ0) is 13.1. The SMILES string of the molecule is FC=C(F)c1ccc(C2CCC(Br)CC2)cc1F. The van der Waals surface area contributed by atoms with Gasteiger partial charge in [-0.15, -0.1) is 0 Å². The van der Waals surface area contributed by atoms with E-state index in [4.69, 9.17) is 0 Å². The first-order valence-electron chi connectivity index (χ1n) is 6.01. The maximum Gasteiger partial charge on any atom is 0.161 e. The first-order valence-corrected chi connectivity index (χ1v) is 6.93. The molecule has 0 heterocycles. The zero-order valence-electron chi connectivity index (χ0n) is 9.80. The number of benzene rings is 1. The quantitative estimate of drug-likeness (QED) is 0.633. The molecule has 1 aromatic rings. The number of hydrogen-bond acceptors (Lipinski definition) is 0. The molecule has 0 unspecified atom stereocenters. The number of alkyl halides is 1. The van der Waals surface area contributed by atoms with Gasteiger partial charge in [-0.25, -0.2) is 13.2 Å². The number of halogens is 4. The Balaban J connectivity index is 2.19. The summed E-state index contributed by atoms with van der Waals surface area (Å²) in [5, 5.41) is 0. The first kappa shape index (κ1) is 13.7. The molecule has 1 saturated carbocycles. The van der Waals surface area contributed by atoms with E-state index in [9.17, 15) is 13.2 Å². The minimum absolute atomic E-state index is 0.214. The molecule has 1 aliphatic carbocycles. The first-order chi connectivity index (χ1) is 8.61. The Morgan fingerprint density at radius 3 is 2.44 bits per heavy atom. The molecule has 18 heavy (non-hydrogen) atoms. The van der Waals surface area contributed by atoms with Crippen molar-refractivity contribution in [2.24, 2.45) is 0 Å². The van der Waals surface area contributed by atoms with E-state index in [-0.39, 0.29) is 11.9 Å². The molecule has 1 aliphatic rings. The van der Waals surface area contributed by atoms with Crippen molar-refractivity contribution in [1.82, 2.24) is 0 Å². The lowest BCUT2D eigenvalue weighted by Gasteiger charge is -2.25. The standard InChI is InChI=1S/C14H14BrF3/c15-11-4-1-9(2-5-11)10-3-6-12(13(17)7-10)14(18)8-16/h3,6-9,11H,1-2,4-5H2. The van der Waals surface area contributed by atoms with Gasteiger partial charge in [-0.3, -0.25) is 0 Å². The molecule has 0 atom stereocenters. The van der Waals surface area contributed by atoms with Gasteiger partial charge in [0, 0.05) is 10.4 Å².